The van der Waals surface area contributed by atoms with Crippen LogP contribution in [-0.2, 0) is 5.54 Å². The first-order valence-electron chi connectivity index (χ1n) is 11.4. The van der Waals surface area contributed by atoms with E-state index in [0.717, 1.165) is 63.1 Å². The summed E-state index contributed by atoms with van der Waals surface area (Å²) in [5.41, 5.74) is 15.6. The Balaban J connectivity index is 1.56. The first-order chi connectivity index (χ1) is 16.1. The number of pyridine rings is 2. The summed E-state index contributed by atoms with van der Waals surface area (Å²) < 4.78 is 0. The van der Waals surface area contributed by atoms with Crippen LogP contribution in [0.1, 0.15) is 30.5 Å². The van der Waals surface area contributed by atoms with Gasteiger partial charge in [-0.15, -0.1) is 0 Å². The Hall–Kier alpha value is -3.83. The average molecular weight is 432 g/mol. The molecular formula is C28H25N5. The molecule has 3 N–H and O–H groups in total. The van der Waals surface area contributed by atoms with E-state index in [4.69, 9.17) is 10.7 Å². The van der Waals surface area contributed by atoms with Gasteiger partial charge in [0.2, 0.25) is 0 Å². The monoisotopic (exact) mass is 431 g/mol. The lowest BCUT2D eigenvalue weighted by Crippen LogP contribution is -2.43. The van der Waals surface area contributed by atoms with Crippen molar-refractivity contribution in [2.24, 2.45) is 5.73 Å². The molecule has 2 aromatic carbocycles. The highest BCUT2D eigenvalue weighted by molar-refractivity contribution is 5.98. The van der Waals surface area contributed by atoms with Crippen molar-refractivity contribution < 1.29 is 0 Å². The number of hydrogen-bond donors (Lipinski definition) is 2. The van der Waals surface area contributed by atoms with Gasteiger partial charge in [-0.05, 0) is 49.4 Å². The van der Waals surface area contributed by atoms with Gasteiger partial charge in [0.25, 0.3) is 0 Å². The fourth-order valence-electron chi connectivity index (χ4n) is 4.76. The minimum atomic E-state index is -0.166. The van der Waals surface area contributed by atoms with Crippen LogP contribution >= 0.6 is 0 Å². The molecule has 0 bridgehead atoms. The van der Waals surface area contributed by atoms with Crippen molar-refractivity contribution in [1.29, 1.82) is 0 Å². The van der Waals surface area contributed by atoms with Gasteiger partial charge in [-0.1, -0.05) is 54.6 Å². The maximum absolute atomic E-state index is 6.55. The Morgan fingerprint density at radius 1 is 0.879 bits per heavy atom. The van der Waals surface area contributed by atoms with E-state index < -0.39 is 0 Å². The number of rotatable bonds is 4. The zero-order valence-corrected chi connectivity index (χ0v) is 18.5. The smallest absolute Gasteiger partial charge is 0.0830 e. The molecule has 33 heavy (non-hydrogen) atoms. The van der Waals surface area contributed by atoms with E-state index in [1.165, 1.54) is 12.0 Å². The summed E-state index contributed by atoms with van der Waals surface area (Å²) in [5, 5.41) is 8.23. The Morgan fingerprint density at radius 3 is 2.33 bits per heavy atom. The number of H-pyrrole nitrogens is 1. The van der Waals surface area contributed by atoms with Crippen LogP contribution in [-0.4, -0.2) is 20.2 Å². The molecule has 0 radical (unpaired) electrons. The highest BCUT2D eigenvalue weighted by Gasteiger charge is 2.34. The molecule has 5 nitrogen and oxygen atoms in total. The SMILES string of the molecule is Cc1[nH]ncc1-c1nccc2nc(-c3ccc(C4(N)CCC4)cc3)c(-c3ccccc3)cc12. The molecule has 5 heteroatoms. The van der Waals surface area contributed by atoms with Crippen LogP contribution in [0.15, 0.2) is 79.1 Å². The number of aryl methyl sites for hydroxylation is 1. The van der Waals surface area contributed by atoms with Crippen LogP contribution in [0.5, 0.6) is 0 Å². The number of aromatic nitrogens is 4. The molecule has 1 saturated carbocycles. The molecule has 0 atom stereocenters. The fourth-order valence-corrected chi connectivity index (χ4v) is 4.76. The lowest BCUT2D eigenvalue weighted by atomic mass is 9.72. The van der Waals surface area contributed by atoms with E-state index in [1.54, 1.807) is 0 Å². The maximum atomic E-state index is 6.55. The summed E-state index contributed by atoms with van der Waals surface area (Å²) >= 11 is 0. The van der Waals surface area contributed by atoms with Crippen molar-refractivity contribution in [3.63, 3.8) is 0 Å². The van der Waals surface area contributed by atoms with Crippen molar-refractivity contribution in [3.8, 4) is 33.6 Å². The van der Waals surface area contributed by atoms with Crippen LogP contribution in [0.3, 0.4) is 0 Å². The van der Waals surface area contributed by atoms with Crippen LogP contribution in [0.4, 0.5) is 0 Å². The summed E-state index contributed by atoms with van der Waals surface area (Å²) in [6.45, 7) is 2.01. The third-order valence-corrected chi connectivity index (χ3v) is 6.89. The lowest BCUT2D eigenvalue weighted by Gasteiger charge is -2.38. The molecule has 3 aromatic heterocycles. The Kier molecular flexibility index (Phi) is 4.59. The molecule has 0 aliphatic heterocycles. The summed E-state index contributed by atoms with van der Waals surface area (Å²) in [7, 11) is 0. The molecule has 1 fully saturated rings. The normalized spacial score (nSPS) is 14.8. The number of nitrogens with zero attached hydrogens (tertiary/aromatic N) is 3. The molecule has 3 heterocycles. The number of aromatic amines is 1. The van der Waals surface area contributed by atoms with E-state index in [2.05, 4.69) is 69.8 Å². The van der Waals surface area contributed by atoms with Gasteiger partial charge < -0.3 is 5.73 Å². The molecule has 0 spiro atoms. The zero-order valence-electron chi connectivity index (χ0n) is 18.5. The second kappa shape index (κ2) is 7.64. The second-order valence-electron chi connectivity index (χ2n) is 8.97. The summed E-state index contributed by atoms with van der Waals surface area (Å²) in [4.78, 5) is 9.83. The standard InChI is InChI=1S/C28H25N5/c1-18-24(17-31-33-18)27-23-16-22(19-6-3-2-4-7-19)26(32-25(23)12-15-30-27)20-8-10-21(11-9-20)28(29)13-5-14-28/h2-4,6-12,15-17H,5,13-14,29H2,1H3,(H,31,33). The third kappa shape index (κ3) is 3.33. The predicted octanol–water partition coefficient (Wildman–Crippen LogP) is 6.00. The Bertz CT molecular complexity index is 1450. The van der Waals surface area contributed by atoms with Gasteiger partial charge in [-0.25, -0.2) is 4.98 Å². The second-order valence-corrected chi connectivity index (χ2v) is 8.97. The summed E-state index contributed by atoms with van der Waals surface area (Å²) in [5.74, 6) is 0. The van der Waals surface area contributed by atoms with E-state index in [-0.39, 0.29) is 5.54 Å². The number of hydrogen-bond acceptors (Lipinski definition) is 4. The molecule has 0 unspecified atom stereocenters. The van der Waals surface area contributed by atoms with Gasteiger partial charge >= 0.3 is 0 Å². The quantitative estimate of drug-likeness (QED) is 0.366. The predicted molar refractivity (Wildman–Crippen MR) is 132 cm³/mol. The first kappa shape index (κ1) is 19.8. The van der Waals surface area contributed by atoms with Gasteiger partial charge in [0, 0.05) is 39.5 Å². The molecule has 5 aromatic rings. The largest absolute Gasteiger partial charge is 0.321 e. The van der Waals surface area contributed by atoms with E-state index in [9.17, 15) is 0 Å². The van der Waals surface area contributed by atoms with Crippen LogP contribution < -0.4 is 5.73 Å². The average Bonchev–Trinajstić information content (AvgIpc) is 3.27. The molecule has 162 valence electrons. The number of fused-ring (bicyclic) bond motifs is 1. The van der Waals surface area contributed by atoms with Crippen LogP contribution in [0, 0.1) is 6.92 Å². The van der Waals surface area contributed by atoms with Gasteiger partial charge in [0.05, 0.1) is 23.1 Å². The van der Waals surface area contributed by atoms with Gasteiger partial charge in [-0.2, -0.15) is 5.10 Å². The highest BCUT2D eigenvalue weighted by Crippen LogP contribution is 2.40. The van der Waals surface area contributed by atoms with Crippen molar-refractivity contribution in [2.45, 2.75) is 31.7 Å². The fraction of sp³-hybridized carbons (Fsp3) is 0.179. The summed E-state index contributed by atoms with van der Waals surface area (Å²) in [6.07, 6.45) is 6.96. The van der Waals surface area contributed by atoms with Gasteiger partial charge in [0.1, 0.15) is 0 Å². The van der Waals surface area contributed by atoms with Gasteiger partial charge in [-0.3, -0.25) is 10.1 Å². The number of nitrogens with one attached hydrogen (secondary N) is 1. The molecule has 1 aliphatic carbocycles. The third-order valence-electron chi connectivity index (χ3n) is 6.89. The van der Waals surface area contributed by atoms with Crippen LogP contribution in [0.2, 0.25) is 0 Å². The van der Waals surface area contributed by atoms with E-state index in [0.29, 0.717) is 0 Å². The molecule has 6 rings (SSSR count). The van der Waals surface area contributed by atoms with Crippen LogP contribution in [0.25, 0.3) is 44.5 Å². The molecule has 0 saturated heterocycles. The van der Waals surface area contributed by atoms with Crippen molar-refractivity contribution in [3.05, 3.63) is 90.4 Å². The van der Waals surface area contributed by atoms with Crippen molar-refractivity contribution >= 4 is 10.9 Å². The number of nitrogens with two attached hydrogens (primary N) is 1. The van der Waals surface area contributed by atoms with E-state index >= 15 is 0 Å². The molecular weight excluding hydrogens is 406 g/mol. The topological polar surface area (TPSA) is 80.5 Å². The zero-order chi connectivity index (χ0) is 22.4. The van der Waals surface area contributed by atoms with Gasteiger partial charge in [0.15, 0.2) is 0 Å². The minimum Gasteiger partial charge on any atom is -0.321 e. The molecule has 1 aliphatic rings. The lowest BCUT2D eigenvalue weighted by molar-refractivity contribution is 0.253. The Labute approximate surface area is 192 Å². The Morgan fingerprint density at radius 2 is 1.67 bits per heavy atom. The van der Waals surface area contributed by atoms with E-state index in [1.807, 2.05) is 31.5 Å². The first-order valence-corrected chi connectivity index (χ1v) is 11.4. The summed E-state index contributed by atoms with van der Waals surface area (Å²) in [6, 6.07) is 23.3. The maximum Gasteiger partial charge on any atom is 0.0830 e. The molecule has 0 amide bonds. The van der Waals surface area contributed by atoms with Crippen molar-refractivity contribution in [1.82, 2.24) is 20.2 Å². The number of benzene rings is 2. The van der Waals surface area contributed by atoms with Crippen molar-refractivity contribution in [2.75, 3.05) is 0 Å². The highest BCUT2D eigenvalue weighted by atomic mass is 15.1. The minimum absolute atomic E-state index is 0.166.